The lowest BCUT2D eigenvalue weighted by Gasteiger charge is -2.07. The third-order valence-electron chi connectivity index (χ3n) is 4.84. The summed E-state index contributed by atoms with van der Waals surface area (Å²) in [6.45, 7) is 2.59. The van der Waals surface area contributed by atoms with E-state index in [1.165, 1.54) is 83.1 Å². The highest BCUT2D eigenvalue weighted by Gasteiger charge is 2.18. The molecule has 0 amide bonds. The normalized spacial score (nSPS) is 10.6. The molecule has 1 aromatic rings. The minimum atomic E-state index is -0.569. The molecule has 0 aromatic heterocycles. The molecule has 0 fully saturated rings. The van der Waals surface area contributed by atoms with Crippen molar-refractivity contribution in [3.05, 3.63) is 33.9 Å². The van der Waals surface area contributed by atoms with Crippen molar-refractivity contribution in [2.45, 2.75) is 84.0 Å². The number of benzene rings is 1. The maximum atomic E-state index is 12.0. The summed E-state index contributed by atoms with van der Waals surface area (Å²) in [5.41, 5.74) is -0.0613. The number of hydrogen-bond acceptors (Lipinski definition) is 5. The Labute approximate surface area is 168 Å². The molecule has 0 saturated heterocycles. The molecule has 0 unspecified atom stereocenters. The highest BCUT2D eigenvalue weighted by Crippen LogP contribution is 2.27. The Morgan fingerprint density at radius 3 is 1.96 bits per heavy atom. The van der Waals surface area contributed by atoms with E-state index < -0.39 is 10.9 Å². The lowest BCUT2D eigenvalue weighted by atomic mass is 10.1. The number of nitro groups is 1. The number of esters is 1. The largest absolute Gasteiger partial charge is 0.490 e. The van der Waals surface area contributed by atoms with Crippen LogP contribution in [-0.2, 0) is 4.74 Å². The van der Waals surface area contributed by atoms with Crippen molar-refractivity contribution >= 4 is 11.7 Å². The number of nitro benzene ring substituents is 1. The first-order valence-electron chi connectivity index (χ1n) is 10.6. The Kier molecular flexibility index (Phi) is 12.7. The fourth-order valence-electron chi connectivity index (χ4n) is 3.15. The van der Waals surface area contributed by atoms with Crippen molar-refractivity contribution in [3.63, 3.8) is 0 Å². The molecule has 0 aliphatic carbocycles. The minimum absolute atomic E-state index is 0.127. The van der Waals surface area contributed by atoms with Crippen LogP contribution in [0.25, 0.3) is 0 Å². The fraction of sp³-hybridized carbons (Fsp3) is 0.682. The van der Waals surface area contributed by atoms with E-state index in [4.69, 9.17) is 9.47 Å². The van der Waals surface area contributed by atoms with Crippen LogP contribution in [0.3, 0.4) is 0 Å². The number of hydrogen-bond donors (Lipinski definition) is 0. The van der Waals surface area contributed by atoms with Gasteiger partial charge in [-0.3, -0.25) is 10.1 Å². The monoisotopic (exact) mass is 393 g/mol. The average molecular weight is 394 g/mol. The zero-order valence-electron chi connectivity index (χ0n) is 17.4. The van der Waals surface area contributed by atoms with Gasteiger partial charge in [-0.2, -0.15) is 0 Å². The van der Waals surface area contributed by atoms with Crippen molar-refractivity contribution in [2.75, 3.05) is 13.7 Å². The van der Waals surface area contributed by atoms with Gasteiger partial charge in [-0.05, 0) is 18.6 Å². The molecule has 0 heterocycles. The lowest BCUT2D eigenvalue weighted by molar-refractivity contribution is -0.385. The molecule has 6 heteroatoms. The smallest absolute Gasteiger partial charge is 0.338 e. The fourth-order valence-corrected chi connectivity index (χ4v) is 3.15. The molecule has 1 rings (SSSR count). The van der Waals surface area contributed by atoms with Crippen LogP contribution in [0.2, 0.25) is 0 Å². The van der Waals surface area contributed by atoms with E-state index in [1.54, 1.807) is 0 Å². The summed E-state index contributed by atoms with van der Waals surface area (Å²) in [7, 11) is 1.36. The standard InChI is InChI=1S/C22H35NO5/c1-3-4-5-6-7-8-9-10-11-12-13-14-17-28-22(24)19-15-16-21(27-2)20(18-19)23(25)26/h15-16,18H,3-14,17H2,1-2H3. The molecule has 1 aromatic carbocycles. The predicted molar refractivity (Wildman–Crippen MR) is 111 cm³/mol. The van der Waals surface area contributed by atoms with Crippen molar-refractivity contribution in [3.8, 4) is 5.75 Å². The summed E-state index contributed by atoms with van der Waals surface area (Å²) >= 11 is 0. The number of carbonyl (C=O) groups is 1. The Hall–Kier alpha value is -2.11. The molecule has 0 aliphatic rings. The van der Waals surface area contributed by atoms with Crippen molar-refractivity contribution < 1.29 is 19.2 Å². The lowest BCUT2D eigenvalue weighted by Crippen LogP contribution is -2.07. The first-order valence-corrected chi connectivity index (χ1v) is 10.6. The van der Waals surface area contributed by atoms with Crippen molar-refractivity contribution in [1.82, 2.24) is 0 Å². The molecule has 0 saturated carbocycles. The Morgan fingerprint density at radius 2 is 1.46 bits per heavy atom. The van der Waals surface area contributed by atoms with E-state index in [9.17, 15) is 14.9 Å². The maximum Gasteiger partial charge on any atom is 0.338 e. The number of methoxy groups -OCH3 is 1. The summed E-state index contributed by atoms with van der Waals surface area (Å²) in [6.07, 6.45) is 14.9. The molecule has 0 aliphatic heterocycles. The van der Waals surface area contributed by atoms with E-state index >= 15 is 0 Å². The molecule has 0 atom stereocenters. The molecule has 28 heavy (non-hydrogen) atoms. The van der Waals surface area contributed by atoms with Gasteiger partial charge in [0.15, 0.2) is 5.75 Å². The minimum Gasteiger partial charge on any atom is -0.490 e. The Morgan fingerprint density at radius 1 is 0.929 bits per heavy atom. The van der Waals surface area contributed by atoms with E-state index in [0.29, 0.717) is 6.61 Å². The molecule has 6 nitrogen and oxygen atoms in total. The SMILES string of the molecule is CCCCCCCCCCCCCCOC(=O)c1ccc(OC)c([N+](=O)[O-])c1. The number of rotatable bonds is 16. The number of nitrogens with zero attached hydrogens (tertiary/aromatic N) is 1. The van der Waals surface area contributed by atoms with E-state index in [0.717, 1.165) is 19.3 Å². The van der Waals surface area contributed by atoms with Gasteiger partial charge in [-0.1, -0.05) is 77.6 Å². The number of unbranched alkanes of at least 4 members (excludes halogenated alkanes) is 11. The van der Waals surface area contributed by atoms with Gasteiger partial charge in [0.2, 0.25) is 0 Å². The summed E-state index contributed by atoms with van der Waals surface area (Å²) in [5, 5.41) is 11.0. The quantitative estimate of drug-likeness (QED) is 0.139. The van der Waals surface area contributed by atoms with Crippen LogP contribution in [0.4, 0.5) is 5.69 Å². The Bertz CT molecular complexity index is 588. The Balaban J connectivity index is 2.10. The molecule has 0 bridgehead atoms. The van der Waals surface area contributed by atoms with Crippen LogP contribution in [0.15, 0.2) is 18.2 Å². The second-order valence-electron chi connectivity index (χ2n) is 7.17. The molecular weight excluding hydrogens is 358 g/mol. The van der Waals surface area contributed by atoms with Gasteiger partial charge in [0, 0.05) is 6.07 Å². The second kappa shape index (κ2) is 14.9. The van der Waals surface area contributed by atoms with Crippen LogP contribution in [0, 0.1) is 10.1 Å². The van der Waals surface area contributed by atoms with Gasteiger partial charge in [-0.15, -0.1) is 0 Å². The van der Waals surface area contributed by atoms with Crippen LogP contribution >= 0.6 is 0 Å². The van der Waals surface area contributed by atoms with E-state index in [-0.39, 0.29) is 17.0 Å². The molecule has 0 radical (unpaired) electrons. The van der Waals surface area contributed by atoms with Gasteiger partial charge in [-0.25, -0.2) is 4.79 Å². The van der Waals surface area contributed by atoms with Crippen LogP contribution in [-0.4, -0.2) is 24.6 Å². The molecule has 158 valence electrons. The van der Waals surface area contributed by atoms with Gasteiger partial charge in [0.25, 0.3) is 0 Å². The third kappa shape index (κ3) is 9.72. The number of carbonyl (C=O) groups excluding carboxylic acids is 1. The van der Waals surface area contributed by atoms with Crippen LogP contribution in [0.1, 0.15) is 94.3 Å². The summed E-state index contributed by atoms with van der Waals surface area (Å²) in [5.74, 6) is -0.406. The maximum absolute atomic E-state index is 12.0. The second-order valence-corrected chi connectivity index (χ2v) is 7.17. The van der Waals surface area contributed by atoms with Crippen molar-refractivity contribution in [2.24, 2.45) is 0 Å². The third-order valence-corrected chi connectivity index (χ3v) is 4.84. The summed E-state index contributed by atoms with van der Waals surface area (Å²) < 4.78 is 10.2. The summed E-state index contributed by atoms with van der Waals surface area (Å²) in [6, 6.07) is 4.10. The molecular formula is C22H35NO5. The predicted octanol–water partition coefficient (Wildman–Crippen LogP) is 6.46. The van der Waals surface area contributed by atoms with Crippen LogP contribution < -0.4 is 4.74 Å². The highest BCUT2D eigenvalue weighted by molar-refractivity contribution is 5.90. The van der Waals surface area contributed by atoms with Crippen LogP contribution in [0.5, 0.6) is 5.75 Å². The van der Waals surface area contributed by atoms with Gasteiger partial charge in [0.05, 0.1) is 24.2 Å². The zero-order valence-corrected chi connectivity index (χ0v) is 17.4. The number of ether oxygens (including phenoxy) is 2. The van der Waals surface area contributed by atoms with E-state index in [2.05, 4.69) is 6.92 Å². The van der Waals surface area contributed by atoms with Gasteiger partial charge < -0.3 is 9.47 Å². The van der Waals surface area contributed by atoms with E-state index in [1.807, 2.05) is 0 Å². The zero-order chi connectivity index (χ0) is 20.6. The molecule has 0 spiro atoms. The van der Waals surface area contributed by atoms with Crippen molar-refractivity contribution in [1.29, 1.82) is 0 Å². The first kappa shape index (κ1) is 23.9. The summed E-state index contributed by atoms with van der Waals surface area (Å²) in [4.78, 5) is 22.5. The van der Waals surface area contributed by atoms with Gasteiger partial charge in [0.1, 0.15) is 0 Å². The topological polar surface area (TPSA) is 78.7 Å². The average Bonchev–Trinajstić information content (AvgIpc) is 2.70. The van der Waals surface area contributed by atoms with Gasteiger partial charge >= 0.3 is 11.7 Å². The first-order chi connectivity index (χ1) is 13.6. The molecule has 0 N–H and O–H groups in total. The highest BCUT2D eigenvalue weighted by atomic mass is 16.6.